The Morgan fingerprint density at radius 3 is 2.32 bits per heavy atom. The van der Waals surface area contributed by atoms with Gasteiger partial charge in [0.25, 0.3) is 0 Å². The molecule has 2 atom stereocenters. The van der Waals surface area contributed by atoms with Crippen molar-refractivity contribution in [3.8, 4) is 11.9 Å². The fraction of sp³-hybridized carbons (Fsp3) is 0.226. The van der Waals surface area contributed by atoms with E-state index >= 15 is 0 Å². The van der Waals surface area contributed by atoms with Crippen LogP contribution in [-0.4, -0.2) is 56.0 Å². The molecule has 1 aliphatic heterocycles. The Hall–Kier alpha value is -5.90. The molecule has 3 aromatic carbocycles. The van der Waals surface area contributed by atoms with Crippen LogP contribution in [0.5, 0.6) is 5.75 Å². The SMILES string of the molecule is CC(=O)N1Cc2cc(NC(=Nc3ccc(O)cc3)NC#N)ccc2C1C(=O)NC(Cc1ccc(CCC(=O)O)cc1)C(=O)O. The number of fused-ring (bicyclic) bond motifs is 1. The van der Waals surface area contributed by atoms with Gasteiger partial charge in [-0.05, 0) is 65.1 Å². The standard InChI is InChI=1S/C31H30N6O7/c1-18(38)37-16-21-15-23(35-31(33-17-32)34-22-7-10-24(39)11-8-22)9-12-25(21)28(37)29(42)36-26(30(43)44)14-20-4-2-19(3-5-20)6-13-27(40)41/h2-5,7-12,15,26,28,39H,6,13-14,16H2,1H3,(H,36,42)(H,40,41)(H,43,44)(H2,33,34,35). The maximum atomic E-state index is 13.5. The Morgan fingerprint density at radius 1 is 1.02 bits per heavy atom. The van der Waals surface area contributed by atoms with Crippen LogP contribution < -0.4 is 16.0 Å². The topological polar surface area (TPSA) is 204 Å². The van der Waals surface area contributed by atoms with Crippen LogP contribution in [-0.2, 0) is 38.6 Å². The van der Waals surface area contributed by atoms with E-state index in [9.17, 15) is 29.4 Å². The number of aliphatic imine (C=N–C) groups is 1. The second kappa shape index (κ2) is 13.8. The van der Waals surface area contributed by atoms with Gasteiger partial charge in [0.15, 0.2) is 6.19 Å². The molecule has 6 N–H and O–H groups in total. The predicted octanol–water partition coefficient (Wildman–Crippen LogP) is 2.79. The van der Waals surface area contributed by atoms with E-state index in [-0.39, 0.29) is 37.0 Å². The van der Waals surface area contributed by atoms with Gasteiger partial charge in [-0.15, -0.1) is 0 Å². The average molecular weight is 599 g/mol. The lowest BCUT2D eigenvalue weighted by Crippen LogP contribution is -2.47. The predicted molar refractivity (Wildman–Crippen MR) is 159 cm³/mol. The van der Waals surface area contributed by atoms with Crippen molar-refractivity contribution >= 4 is 41.1 Å². The molecule has 0 radical (unpaired) electrons. The molecule has 2 unspecified atom stereocenters. The van der Waals surface area contributed by atoms with Crippen molar-refractivity contribution in [2.75, 3.05) is 5.32 Å². The number of phenolic OH excluding ortho intramolecular Hbond substituents is 1. The summed E-state index contributed by atoms with van der Waals surface area (Å²) in [6.07, 6.45) is 2.11. The van der Waals surface area contributed by atoms with Gasteiger partial charge in [-0.2, -0.15) is 5.26 Å². The second-order valence-corrected chi connectivity index (χ2v) is 10.1. The molecule has 13 nitrogen and oxygen atoms in total. The number of hydrogen-bond acceptors (Lipinski definition) is 7. The molecule has 13 heteroatoms. The van der Waals surface area contributed by atoms with E-state index < -0.39 is 29.9 Å². The molecule has 226 valence electrons. The summed E-state index contributed by atoms with van der Waals surface area (Å²) in [5.41, 5.74) is 3.59. The summed E-state index contributed by atoms with van der Waals surface area (Å²) in [5, 5.41) is 45.4. The van der Waals surface area contributed by atoms with Crippen LogP contribution in [0.1, 0.15) is 41.6 Å². The number of nitriles is 1. The first kappa shape index (κ1) is 31.0. The quantitative estimate of drug-likeness (QED) is 0.0871. The number of phenols is 1. The Labute approximate surface area is 252 Å². The molecule has 0 bridgehead atoms. The molecule has 2 amide bonds. The van der Waals surface area contributed by atoms with Gasteiger partial charge < -0.3 is 30.9 Å². The number of nitrogens with zero attached hydrogens (tertiary/aromatic N) is 3. The first-order valence-corrected chi connectivity index (χ1v) is 13.6. The zero-order chi connectivity index (χ0) is 31.8. The number of aliphatic carboxylic acids is 2. The van der Waals surface area contributed by atoms with E-state index in [1.165, 1.54) is 24.0 Å². The minimum atomic E-state index is -1.28. The fourth-order valence-electron chi connectivity index (χ4n) is 4.82. The molecular weight excluding hydrogens is 568 g/mol. The molecule has 0 aliphatic carbocycles. The summed E-state index contributed by atoms with van der Waals surface area (Å²) in [6, 6.07) is 15.6. The number of anilines is 1. The molecule has 0 saturated carbocycles. The molecule has 0 aromatic heterocycles. The van der Waals surface area contributed by atoms with Gasteiger partial charge in [-0.3, -0.25) is 19.7 Å². The summed E-state index contributed by atoms with van der Waals surface area (Å²) >= 11 is 0. The molecule has 1 aliphatic rings. The Morgan fingerprint density at radius 2 is 1.70 bits per heavy atom. The van der Waals surface area contributed by atoms with Gasteiger partial charge in [0, 0.05) is 32.0 Å². The highest BCUT2D eigenvalue weighted by Crippen LogP contribution is 2.36. The smallest absolute Gasteiger partial charge is 0.326 e. The van der Waals surface area contributed by atoms with E-state index in [0.717, 1.165) is 5.56 Å². The number of carboxylic acid groups (broad SMARTS) is 2. The molecular formula is C31H30N6O7. The average Bonchev–Trinajstić information content (AvgIpc) is 3.37. The van der Waals surface area contributed by atoms with Crippen molar-refractivity contribution in [2.45, 2.75) is 44.8 Å². The minimum absolute atomic E-state index is 0.0160. The summed E-state index contributed by atoms with van der Waals surface area (Å²) in [5.74, 6) is -3.01. The lowest BCUT2D eigenvalue weighted by Gasteiger charge is -2.25. The number of amides is 2. The zero-order valence-corrected chi connectivity index (χ0v) is 23.7. The largest absolute Gasteiger partial charge is 0.508 e. The third-order valence-corrected chi connectivity index (χ3v) is 6.98. The van der Waals surface area contributed by atoms with E-state index in [4.69, 9.17) is 10.4 Å². The maximum Gasteiger partial charge on any atom is 0.326 e. The molecule has 3 aromatic rings. The molecule has 4 rings (SSSR count). The number of aryl methyl sites for hydroxylation is 1. The van der Waals surface area contributed by atoms with Crippen LogP contribution in [0.4, 0.5) is 11.4 Å². The van der Waals surface area contributed by atoms with Crippen LogP contribution in [0, 0.1) is 11.5 Å². The van der Waals surface area contributed by atoms with Crippen molar-refractivity contribution in [3.63, 3.8) is 0 Å². The van der Waals surface area contributed by atoms with Crippen LogP contribution in [0.2, 0.25) is 0 Å². The van der Waals surface area contributed by atoms with Crippen molar-refractivity contribution in [1.82, 2.24) is 15.5 Å². The number of carbonyl (C=O) groups is 4. The Kier molecular flexibility index (Phi) is 9.77. The number of hydrogen-bond donors (Lipinski definition) is 6. The van der Waals surface area contributed by atoms with Gasteiger partial charge in [0.05, 0.1) is 5.69 Å². The summed E-state index contributed by atoms with van der Waals surface area (Å²) < 4.78 is 0. The summed E-state index contributed by atoms with van der Waals surface area (Å²) in [7, 11) is 0. The highest BCUT2D eigenvalue weighted by Gasteiger charge is 2.38. The van der Waals surface area contributed by atoms with Crippen molar-refractivity contribution in [3.05, 3.63) is 89.0 Å². The molecule has 0 saturated heterocycles. The van der Waals surface area contributed by atoms with Crippen LogP contribution in [0.15, 0.2) is 71.7 Å². The first-order chi connectivity index (χ1) is 21.0. The molecule has 44 heavy (non-hydrogen) atoms. The third-order valence-electron chi connectivity index (χ3n) is 6.98. The summed E-state index contributed by atoms with van der Waals surface area (Å²) in [6.45, 7) is 1.43. The number of rotatable bonds is 10. The number of nitrogens with one attached hydrogen (secondary N) is 3. The number of benzene rings is 3. The Balaban J connectivity index is 1.51. The van der Waals surface area contributed by atoms with Crippen LogP contribution >= 0.6 is 0 Å². The molecule has 0 spiro atoms. The lowest BCUT2D eigenvalue weighted by molar-refractivity contribution is -0.144. The number of carboxylic acids is 2. The van der Waals surface area contributed by atoms with Crippen LogP contribution in [0.3, 0.4) is 0 Å². The minimum Gasteiger partial charge on any atom is -0.508 e. The van der Waals surface area contributed by atoms with Crippen molar-refractivity contribution in [1.29, 1.82) is 5.26 Å². The number of aromatic hydroxyl groups is 1. The lowest BCUT2D eigenvalue weighted by atomic mass is 10.0. The van der Waals surface area contributed by atoms with Gasteiger partial charge in [0.2, 0.25) is 17.8 Å². The fourth-order valence-corrected chi connectivity index (χ4v) is 4.82. The number of guanidine groups is 1. The van der Waals surface area contributed by atoms with Gasteiger partial charge in [0.1, 0.15) is 17.8 Å². The first-order valence-electron chi connectivity index (χ1n) is 13.6. The molecule has 0 fully saturated rings. The van der Waals surface area contributed by atoms with Gasteiger partial charge in [-0.1, -0.05) is 30.3 Å². The van der Waals surface area contributed by atoms with Crippen molar-refractivity contribution < 1.29 is 34.5 Å². The van der Waals surface area contributed by atoms with Gasteiger partial charge >= 0.3 is 11.9 Å². The monoisotopic (exact) mass is 598 g/mol. The van der Waals surface area contributed by atoms with Crippen LogP contribution in [0.25, 0.3) is 0 Å². The summed E-state index contributed by atoms with van der Waals surface area (Å²) in [4.78, 5) is 54.6. The Bertz CT molecular complexity index is 1630. The zero-order valence-electron chi connectivity index (χ0n) is 23.7. The second-order valence-electron chi connectivity index (χ2n) is 10.1. The molecule has 1 heterocycles. The van der Waals surface area contributed by atoms with E-state index in [1.807, 2.05) is 0 Å². The van der Waals surface area contributed by atoms with E-state index in [1.54, 1.807) is 60.8 Å². The number of carbonyl (C=O) groups excluding carboxylic acids is 2. The highest BCUT2D eigenvalue weighted by molar-refractivity contribution is 5.97. The van der Waals surface area contributed by atoms with E-state index in [0.29, 0.717) is 34.5 Å². The van der Waals surface area contributed by atoms with E-state index in [2.05, 4.69) is 20.9 Å². The normalized spacial score (nSPS) is 14.6. The maximum absolute atomic E-state index is 13.5. The highest BCUT2D eigenvalue weighted by atomic mass is 16.4. The van der Waals surface area contributed by atoms with Gasteiger partial charge in [-0.25, -0.2) is 9.79 Å². The van der Waals surface area contributed by atoms with Crippen molar-refractivity contribution in [2.24, 2.45) is 4.99 Å². The third kappa shape index (κ3) is 7.89.